The van der Waals surface area contributed by atoms with Crippen LogP contribution >= 0.6 is 0 Å². The van der Waals surface area contributed by atoms with E-state index in [1.165, 1.54) is 12.1 Å². The van der Waals surface area contributed by atoms with Crippen LogP contribution in [0.3, 0.4) is 0 Å². The van der Waals surface area contributed by atoms with Gasteiger partial charge >= 0.3 is 0 Å². The fourth-order valence-electron chi connectivity index (χ4n) is 3.98. The van der Waals surface area contributed by atoms with E-state index in [1.54, 1.807) is 24.3 Å². The molecule has 7 heteroatoms. The highest BCUT2D eigenvalue weighted by Gasteiger charge is 2.42. The molecule has 1 aliphatic carbocycles. The van der Waals surface area contributed by atoms with Crippen LogP contribution in [-0.4, -0.2) is 9.85 Å². The van der Waals surface area contributed by atoms with Crippen LogP contribution < -0.4 is 5.32 Å². The minimum Gasteiger partial charge on any atom is -0.372 e. The first-order valence-electron chi connectivity index (χ1n) is 8.01. The molecule has 0 unspecified atom stereocenters. The average Bonchev–Trinajstić information content (AvgIpc) is 3.10. The summed E-state index contributed by atoms with van der Waals surface area (Å²) >= 11 is 0. The van der Waals surface area contributed by atoms with Gasteiger partial charge in [-0.1, -0.05) is 42.5 Å². The molecule has 0 bridgehead atoms. The first-order chi connectivity index (χ1) is 12.1. The average molecular weight is 337 g/mol. The van der Waals surface area contributed by atoms with E-state index in [2.05, 4.69) is 11.4 Å². The van der Waals surface area contributed by atoms with Crippen LogP contribution in [0.4, 0.5) is 17.1 Å². The summed E-state index contributed by atoms with van der Waals surface area (Å²) in [6.45, 7) is 0. The highest BCUT2D eigenvalue weighted by atomic mass is 16.6. The SMILES string of the molecule is O=[N+]([O-])c1ccccc1[C@@H]1Nc2c(cccc2[N+](=O)[O-])[C@H]2C=CC[C@@H]21. The Morgan fingerprint density at radius 1 is 0.920 bits per heavy atom. The van der Waals surface area contributed by atoms with E-state index in [-0.39, 0.29) is 29.3 Å². The number of rotatable bonds is 3. The van der Waals surface area contributed by atoms with Crippen molar-refractivity contribution in [3.63, 3.8) is 0 Å². The van der Waals surface area contributed by atoms with E-state index < -0.39 is 9.85 Å². The van der Waals surface area contributed by atoms with Crippen molar-refractivity contribution in [2.24, 2.45) is 5.92 Å². The molecule has 4 rings (SSSR count). The van der Waals surface area contributed by atoms with Gasteiger partial charge in [-0.2, -0.15) is 0 Å². The molecule has 0 spiro atoms. The second-order valence-corrected chi connectivity index (χ2v) is 6.29. The molecule has 2 aliphatic rings. The molecule has 1 N–H and O–H groups in total. The lowest BCUT2D eigenvalue weighted by Crippen LogP contribution is -2.30. The Morgan fingerprint density at radius 2 is 1.60 bits per heavy atom. The molecule has 0 amide bonds. The number of nitro benzene ring substituents is 2. The first kappa shape index (κ1) is 15.3. The van der Waals surface area contributed by atoms with E-state index in [1.807, 2.05) is 12.1 Å². The number of hydrogen-bond donors (Lipinski definition) is 1. The van der Waals surface area contributed by atoms with Crippen LogP contribution in [0.25, 0.3) is 0 Å². The molecule has 2 aromatic carbocycles. The standard InChI is InChI=1S/C18H15N3O4/c22-20(23)15-9-2-1-5-14(15)17-12-7-3-6-11(12)13-8-4-10-16(21(24)25)18(13)19-17/h1-6,8-12,17,19H,7H2/t11-,12-,17+/m0/s1. The number of nitro groups is 2. The second kappa shape index (κ2) is 5.70. The van der Waals surface area contributed by atoms with Crippen LogP contribution in [0, 0.1) is 26.1 Å². The summed E-state index contributed by atoms with van der Waals surface area (Å²) < 4.78 is 0. The van der Waals surface area contributed by atoms with Gasteiger partial charge in [-0.05, 0) is 17.9 Å². The van der Waals surface area contributed by atoms with Gasteiger partial charge in [0.05, 0.1) is 21.5 Å². The maximum absolute atomic E-state index is 11.4. The van der Waals surface area contributed by atoms with E-state index in [0.717, 1.165) is 12.0 Å². The number of hydrogen-bond acceptors (Lipinski definition) is 5. The van der Waals surface area contributed by atoms with Crippen LogP contribution in [0.15, 0.2) is 54.6 Å². The summed E-state index contributed by atoms with van der Waals surface area (Å²) in [7, 11) is 0. The monoisotopic (exact) mass is 337 g/mol. The lowest BCUT2D eigenvalue weighted by molar-refractivity contribution is -0.386. The Hall–Kier alpha value is -3.22. The topological polar surface area (TPSA) is 98.3 Å². The van der Waals surface area contributed by atoms with Crippen molar-refractivity contribution in [1.29, 1.82) is 0 Å². The molecule has 1 aliphatic heterocycles. The summed E-state index contributed by atoms with van der Waals surface area (Å²) in [4.78, 5) is 22.0. The molecule has 0 aromatic heterocycles. The molecular formula is C18H15N3O4. The van der Waals surface area contributed by atoms with Crippen molar-refractivity contribution in [3.05, 3.63) is 86.0 Å². The lowest BCUT2D eigenvalue weighted by atomic mass is 9.76. The van der Waals surface area contributed by atoms with Crippen molar-refractivity contribution in [2.75, 3.05) is 5.32 Å². The number of nitrogens with zero attached hydrogens (tertiary/aromatic N) is 2. The molecule has 0 saturated carbocycles. The smallest absolute Gasteiger partial charge is 0.292 e. The zero-order chi connectivity index (χ0) is 17.6. The minimum atomic E-state index is -0.415. The second-order valence-electron chi connectivity index (χ2n) is 6.29. The number of para-hydroxylation sites is 2. The Labute approximate surface area is 143 Å². The fraction of sp³-hybridized carbons (Fsp3) is 0.222. The van der Waals surface area contributed by atoms with Gasteiger partial charge in [0.25, 0.3) is 11.4 Å². The summed E-state index contributed by atoms with van der Waals surface area (Å²) in [6.07, 6.45) is 4.87. The number of benzene rings is 2. The van der Waals surface area contributed by atoms with Crippen molar-refractivity contribution in [2.45, 2.75) is 18.4 Å². The van der Waals surface area contributed by atoms with Gasteiger partial charge in [-0.3, -0.25) is 20.2 Å². The molecule has 126 valence electrons. The molecule has 3 atom stereocenters. The maximum atomic E-state index is 11.4. The van der Waals surface area contributed by atoms with Gasteiger partial charge in [-0.25, -0.2) is 0 Å². The van der Waals surface area contributed by atoms with E-state index >= 15 is 0 Å². The molecule has 1 heterocycles. The highest BCUT2D eigenvalue weighted by molar-refractivity contribution is 5.71. The highest BCUT2D eigenvalue weighted by Crippen LogP contribution is 2.52. The largest absolute Gasteiger partial charge is 0.372 e. The van der Waals surface area contributed by atoms with Gasteiger partial charge in [0.2, 0.25) is 0 Å². The third-order valence-corrected chi connectivity index (χ3v) is 5.04. The predicted octanol–water partition coefficient (Wildman–Crippen LogP) is 4.33. The van der Waals surface area contributed by atoms with E-state index in [4.69, 9.17) is 0 Å². The summed E-state index contributed by atoms with van der Waals surface area (Å²) in [5, 5.41) is 26.1. The molecule has 0 fully saturated rings. The molecular weight excluding hydrogens is 322 g/mol. The van der Waals surface area contributed by atoms with Crippen molar-refractivity contribution in [3.8, 4) is 0 Å². The zero-order valence-electron chi connectivity index (χ0n) is 13.2. The van der Waals surface area contributed by atoms with Gasteiger partial charge in [0, 0.05) is 18.1 Å². The van der Waals surface area contributed by atoms with Crippen LogP contribution in [0.1, 0.15) is 29.5 Å². The molecule has 7 nitrogen and oxygen atoms in total. The number of anilines is 1. The first-order valence-corrected chi connectivity index (χ1v) is 8.01. The van der Waals surface area contributed by atoms with Gasteiger partial charge < -0.3 is 5.32 Å². The van der Waals surface area contributed by atoms with Gasteiger partial charge in [0.1, 0.15) is 5.69 Å². The van der Waals surface area contributed by atoms with Crippen LogP contribution in [0.2, 0.25) is 0 Å². The maximum Gasteiger partial charge on any atom is 0.292 e. The molecule has 0 radical (unpaired) electrons. The summed E-state index contributed by atoms with van der Waals surface area (Å²) in [5.74, 6) is 0.108. The Kier molecular flexibility index (Phi) is 3.49. The Morgan fingerprint density at radius 3 is 2.36 bits per heavy atom. The Bertz CT molecular complexity index is 909. The Balaban J connectivity index is 1.88. The molecule has 25 heavy (non-hydrogen) atoms. The third-order valence-electron chi connectivity index (χ3n) is 5.04. The minimum absolute atomic E-state index is 0.000154. The van der Waals surface area contributed by atoms with Gasteiger partial charge in [-0.15, -0.1) is 0 Å². The summed E-state index contributed by atoms with van der Waals surface area (Å²) in [6, 6.07) is 11.3. The summed E-state index contributed by atoms with van der Waals surface area (Å²) in [5.41, 5.74) is 1.94. The quantitative estimate of drug-likeness (QED) is 0.510. The number of allylic oxidation sites excluding steroid dienone is 2. The molecule has 2 aromatic rings. The predicted molar refractivity (Wildman–Crippen MR) is 92.5 cm³/mol. The number of fused-ring (bicyclic) bond motifs is 3. The zero-order valence-corrected chi connectivity index (χ0v) is 13.2. The van der Waals surface area contributed by atoms with E-state index in [9.17, 15) is 20.2 Å². The number of nitrogens with one attached hydrogen (secondary N) is 1. The van der Waals surface area contributed by atoms with Crippen molar-refractivity contribution in [1.82, 2.24) is 0 Å². The van der Waals surface area contributed by atoms with Crippen LogP contribution in [0.5, 0.6) is 0 Å². The third kappa shape index (κ3) is 2.36. The van der Waals surface area contributed by atoms with Crippen molar-refractivity contribution < 1.29 is 9.85 Å². The lowest BCUT2D eigenvalue weighted by Gasteiger charge is -2.36. The normalized spacial score (nSPS) is 23.4. The van der Waals surface area contributed by atoms with Gasteiger partial charge in [0.15, 0.2) is 0 Å². The van der Waals surface area contributed by atoms with Crippen molar-refractivity contribution >= 4 is 17.1 Å². The molecule has 0 saturated heterocycles. The fourth-order valence-corrected chi connectivity index (χ4v) is 3.98. The van der Waals surface area contributed by atoms with Crippen LogP contribution in [-0.2, 0) is 0 Å². The van der Waals surface area contributed by atoms with E-state index in [0.29, 0.717) is 11.3 Å².